The number of benzene rings is 2. The fourth-order valence-corrected chi connectivity index (χ4v) is 4.43. The van der Waals surface area contributed by atoms with Crippen LogP contribution in [0.15, 0.2) is 54.6 Å². The summed E-state index contributed by atoms with van der Waals surface area (Å²) < 4.78 is 15.2. The highest BCUT2D eigenvalue weighted by Gasteiger charge is 2.44. The monoisotopic (exact) mass is 535 g/mol. The Morgan fingerprint density at radius 3 is 2.38 bits per heavy atom. The van der Waals surface area contributed by atoms with E-state index in [4.69, 9.17) is 5.73 Å². The van der Waals surface area contributed by atoms with Crippen LogP contribution in [-0.4, -0.2) is 56.7 Å². The lowest BCUT2D eigenvalue weighted by molar-refractivity contribution is -0.128. The fraction of sp³-hybridized carbons (Fsp3) is 0.357. The predicted octanol–water partition coefficient (Wildman–Crippen LogP) is 2.95. The Hall–Kier alpha value is -4.25. The maximum Gasteiger partial charge on any atom is 0.323 e. The van der Waals surface area contributed by atoms with Gasteiger partial charge in [-0.1, -0.05) is 51.1 Å². The van der Waals surface area contributed by atoms with Gasteiger partial charge in [0.25, 0.3) is 11.8 Å². The number of nitrogens with zero attached hydrogens (tertiary/aromatic N) is 4. The number of hydrogen-bond acceptors (Lipinski definition) is 5. The molecule has 10 nitrogen and oxygen atoms in total. The molecule has 0 spiro atoms. The average molecular weight is 536 g/mol. The molecule has 0 aliphatic carbocycles. The van der Waals surface area contributed by atoms with Crippen LogP contribution in [0.1, 0.15) is 48.1 Å². The zero-order valence-electron chi connectivity index (χ0n) is 22.6. The van der Waals surface area contributed by atoms with E-state index in [2.05, 4.69) is 15.7 Å². The van der Waals surface area contributed by atoms with Crippen molar-refractivity contribution in [2.45, 2.75) is 45.4 Å². The lowest BCUT2D eigenvalue weighted by atomic mass is 9.92. The topological polar surface area (TPSA) is 126 Å². The molecular weight excluding hydrogens is 501 g/mol. The maximum atomic E-state index is 13.7. The molecule has 4 N–H and O–H groups in total. The van der Waals surface area contributed by atoms with E-state index in [1.165, 1.54) is 32.7 Å². The molecule has 3 aromatic rings. The van der Waals surface area contributed by atoms with Crippen LogP contribution >= 0.6 is 0 Å². The van der Waals surface area contributed by atoms with Crippen LogP contribution in [0.5, 0.6) is 0 Å². The third-order valence-electron chi connectivity index (χ3n) is 6.57. The molecule has 4 rings (SSSR count). The van der Waals surface area contributed by atoms with Gasteiger partial charge in [-0.05, 0) is 35.4 Å². The molecule has 1 fully saturated rings. The number of urea groups is 1. The third kappa shape index (κ3) is 6.26. The van der Waals surface area contributed by atoms with E-state index in [1.807, 2.05) is 45.0 Å². The second-order valence-corrected chi connectivity index (χ2v) is 10.5. The molecular formula is C28H34FN7O3. The number of rotatable bonds is 6. The van der Waals surface area contributed by atoms with Crippen LogP contribution in [0, 0.1) is 5.82 Å². The summed E-state index contributed by atoms with van der Waals surface area (Å²) in [7, 11) is 1.67. The molecule has 0 bridgehead atoms. The normalized spacial score (nSPS) is 15.4. The van der Waals surface area contributed by atoms with Gasteiger partial charge in [-0.2, -0.15) is 5.10 Å². The highest BCUT2D eigenvalue weighted by Crippen LogP contribution is 2.25. The summed E-state index contributed by atoms with van der Waals surface area (Å²) in [5, 5.41) is 9.97. The van der Waals surface area contributed by atoms with Gasteiger partial charge < -0.3 is 21.3 Å². The standard InChI is InChI=1S/C28H34FN7O3/c1-28(2,3)23-15-22(34(4)33-23)26(38)35-11-12-36(27(39)32-21-10-6-9-20(29)14-21)25(35)24(37)31-17-19-8-5-7-18(13-19)16-30/h5-10,13-15,25H,11-12,16-17,30H2,1-4H3,(H,31,37)(H,32,39). The van der Waals surface area contributed by atoms with E-state index < -0.39 is 29.8 Å². The van der Waals surface area contributed by atoms with Crippen LogP contribution in [0.25, 0.3) is 0 Å². The first kappa shape index (κ1) is 27.8. The number of amides is 4. The number of halogens is 1. The zero-order valence-corrected chi connectivity index (χ0v) is 22.6. The minimum Gasteiger partial charge on any atom is -0.349 e. The van der Waals surface area contributed by atoms with Gasteiger partial charge in [0.05, 0.1) is 5.69 Å². The molecule has 1 atom stereocenters. The van der Waals surface area contributed by atoms with E-state index in [0.717, 1.165) is 16.8 Å². The first-order chi connectivity index (χ1) is 18.5. The molecule has 1 aliphatic heterocycles. The molecule has 206 valence electrons. The molecule has 2 aromatic carbocycles. The van der Waals surface area contributed by atoms with Gasteiger partial charge in [0, 0.05) is 44.3 Å². The van der Waals surface area contributed by atoms with Crippen molar-refractivity contribution in [1.82, 2.24) is 24.9 Å². The van der Waals surface area contributed by atoms with Gasteiger partial charge in [-0.15, -0.1) is 0 Å². The lowest BCUT2D eigenvalue weighted by Crippen LogP contribution is -2.54. The summed E-state index contributed by atoms with van der Waals surface area (Å²) in [6.07, 6.45) is -1.23. The third-order valence-corrected chi connectivity index (χ3v) is 6.57. The molecule has 2 heterocycles. The van der Waals surface area contributed by atoms with Gasteiger partial charge in [-0.3, -0.25) is 19.2 Å². The number of anilines is 1. The van der Waals surface area contributed by atoms with E-state index in [1.54, 1.807) is 19.2 Å². The van der Waals surface area contributed by atoms with Crippen molar-refractivity contribution in [3.63, 3.8) is 0 Å². The average Bonchev–Trinajstić information content (AvgIpc) is 3.51. The van der Waals surface area contributed by atoms with Crippen LogP contribution in [0.2, 0.25) is 0 Å². The largest absolute Gasteiger partial charge is 0.349 e. The number of aryl methyl sites for hydroxylation is 1. The summed E-state index contributed by atoms with van der Waals surface area (Å²) in [6.45, 7) is 6.77. The van der Waals surface area contributed by atoms with Crippen molar-refractivity contribution in [3.05, 3.63) is 82.9 Å². The van der Waals surface area contributed by atoms with Crippen molar-refractivity contribution >= 4 is 23.5 Å². The SMILES string of the molecule is Cn1nc(C(C)(C)C)cc1C(=O)N1CCN(C(=O)Nc2cccc(F)c2)C1C(=O)NCc1cccc(CN)c1. The van der Waals surface area contributed by atoms with Crippen molar-refractivity contribution in [1.29, 1.82) is 0 Å². The predicted molar refractivity (Wildman–Crippen MR) is 145 cm³/mol. The second kappa shape index (κ2) is 11.2. The number of hydrogen-bond donors (Lipinski definition) is 3. The molecule has 1 aromatic heterocycles. The Morgan fingerprint density at radius 2 is 1.72 bits per heavy atom. The van der Waals surface area contributed by atoms with E-state index in [9.17, 15) is 18.8 Å². The van der Waals surface area contributed by atoms with Crippen LogP contribution in [-0.2, 0) is 30.3 Å². The minimum atomic E-state index is -1.23. The zero-order chi connectivity index (χ0) is 28.3. The molecule has 1 saturated heterocycles. The van der Waals surface area contributed by atoms with Crippen molar-refractivity contribution in [2.75, 3.05) is 18.4 Å². The quantitative estimate of drug-likeness (QED) is 0.448. The van der Waals surface area contributed by atoms with E-state index in [-0.39, 0.29) is 30.7 Å². The Bertz CT molecular complexity index is 1380. The first-order valence-electron chi connectivity index (χ1n) is 12.7. The molecule has 0 radical (unpaired) electrons. The molecule has 0 saturated carbocycles. The number of carbonyl (C=O) groups excluding carboxylic acids is 3. The van der Waals surface area contributed by atoms with Gasteiger partial charge in [-0.25, -0.2) is 9.18 Å². The number of nitrogens with two attached hydrogens (primary N) is 1. The van der Waals surface area contributed by atoms with Crippen molar-refractivity contribution in [3.8, 4) is 0 Å². The fourth-order valence-electron chi connectivity index (χ4n) is 4.43. The van der Waals surface area contributed by atoms with Gasteiger partial charge in [0.1, 0.15) is 11.5 Å². The summed E-state index contributed by atoms with van der Waals surface area (Å²) in [4.78, 5) is 43.2. The van der Waals surface area contributed by atoms with E-state index in [0.29, 0.717) is 12.2 Å². The first-order valence-corrected chi connectivity index (χ1v) is 12.7. The molecule has 1 aliphatic rings. The maximum absolute atomic E-state index is 13.7. The summed E-state index contributed by atoms with van der Waals surface area (Å²) in [6, 6.07) is 14.0. The highest BCUT2D eigenvalue weighted by atomic mass is 19.1. The Morgan fingerprint density at radius 1 is 1.03 bits per heavy atom. The summed E-state index contributed by atoms with van der Waals surface area (Å²) in [5.74, 6) is -1.45. The minimum absolute atomic E-state index is 0.109. The van der Waals surface area contributed by atoms with Crippen LogP contribution < -0.4 is 16.4 Å². The Labute approximate surface area is 227 Å². The van der Waals surface area contributed by atoms with Crippen molar-refractivity contribution < 1.29 is 18.8 Å². The van der Waals surface area contributed by atoms with Gasteiger partial charge >= 0.3 is 6.03 Å². The van der Waals surface area contributed by atoms with Gasteiger partial charge in [0.2, 0.25) is 0 Å². The molecule has 39 heavy (non-hydrogen) atoms. The Kier molecular flexibility index (Phi) is 8.01. The van der Waals surface area contributed by atoms with E-state index >= 15 is 0 Å². The van der Waals surface area contributed by atoms with Crippen LogP contribution in [0.3, 0.4) is 0 Å². The number of aromatic nitrogens is 2. The van der Waals surface area contributed by atoms with Gasteiger partial charge in [0.15, 0.2) is 6.17 Å². The number of carbonyl (C=O) groups is 3. The van der Waals surface area contributed by atoms with Crippen molar-refractivity contribution in [2.24, 2.45) is 12.8 Å². The molecule has 11 heteroatoms. The molecule has 1 unspecified atom stereocenters. The lowest BCUT2D eigenvalue weighted by Gasteiger charge is -2.29. The molecule has 4 amide bonds. The second-order valence-electron chi connectivity index (χ2n) is 10.5. The number of nitrogens with one attached hydrogen (secondary N) is 2. The highest BCUT2D eigenvalue weighted by molar-refractivity contribution is 6.00. The smallest absolute Gasteiger partial charge is 0.323 e. The summed E-state index contributed by atoms with van der Waals surface area (Å²) >= 11 is 0. The summed E-state index contributed by atoms with van der Waals surface area (Å²) in [5.41, 5.74) is 8.48. The van der Waals surface area contributed by atoms with Crippen LogP contribution in [0.4, 0.5) is 14.9 Å². The Balaban J connectivity index is 1.60.